The Balaban J connectivity index is 3.52. The van der Waals surface area contributed by atoms with Crippen LogP contribution in [0.2, 0.25) is 0 Å². The molecule has 52 heavy (non-hydrogen) atoms. The largest absolute Gasteiger partial charge is 0.394 e. The van der Waals surface area contributed by atoms with Crippen LogP contribution in [0.25, 0.3) is 0 Å². The molecule has 4 N–H and O–H groups in total. The third-order valence-electron chi connectivity index (χ3n) is 11.5. The van der Waals surface area contributed by atoms with E-state index in [0.29, 0.717) is 12.8 Å². The Morgan fingerprint density at radius 1 is 0.385 bits per heavy atom. The molecule has 0 spiro atoms. The minimum absolute atomic E-state index is 0.308. The van der Waals surface area contributed by atoms with Crippen LogP contribution >= 0.6 is 0 Å². The molecule has 1 amide bonds. The summed E-state index contributed by atoms with van der Waals surface area (Å²) in [7, 11) is 0. The molecule has 0 aromatic carbocycles. The summed E-state index contributed by atoms with van der Waals surface area (Å²) in [5.41, 5.74) is 0. The third kappa shape index (κ3) is 37.7. The summed E-state index contributed by atoms with van der Waals surface area (Å²) in [4.78, 5) is 12.5. The van der Waals surface area contributed by atoms with Gasteiger partial charge in [-0.05, 0) is 12.8 Å². The average Bonchev–Trinajstić information content (AvgIpc) is 3.15. The van der Waals surface area contributed by atoms with Crippen molar-refractivity contribution >= 4 is 5.91 Å². The highest BCUT2D eigenvalue weighted by Crippen LogP contribution is 2.17. The summed E-state index contributed by atoms with van der Waals surface area (Å²) < 4.78 is 0. The highest BCUT2D eigenvalue weighted by atomic mass is 16.3. The second-order valence-corrected chi connectivity index (χ2v) is 16.7. The first-order chi connectivity index (χ1) is 25.6. The van der Waals surface area contributed by atoms with Crippen LogP contribution in [0.4, 0.5) is 0 Å². The van der Waals surface area contributed by atoms with Crippen molar-refractivity contribution in [2.45, 2.75) is 289 Å². The lowest BCUT2D eigenvalue weighted by molar-refractivity contribution is -0.131. The van der Waals surface area contributed by atoms with Crippen molar-refractivity contribution in [1.29, 1.82) is 0 Å². The fourth-order valence-electron chi connectivity index (χ4n) is 7.72. The van der Waals surface area contributed by atoms with Crippen LogP contribution in [0, 0.1) is 0 Å². The number of hydrogen-bond donors (Lipinski definition) is 4. The van der Waals surface area contributed by atoms with Gasteiger partial charge in [-0.25, -0.2) is 0 Å². The van der Waals surface area contributed by atoms with E-state index >= 15 is 0 Å². The molecule has 0 fully saturated rings. The number of hydrogen-bond acceptors (Lipinski definition) is 4. The molecule has 0 saturated heterocycles. The maximum absolute atomic E-state index is 12.5. The van der Waals surface area contributed by atoms with Gasteiger partial charge in [0.1, 0.15) is 6.10 Å². The quantitative estimate of drug-likeness (QED) is 0.0469. The Hall–Kier alpha value is -0.650. The van der Waals surface area contributed by atoms with Gasteiger partial charge < -0.3 is 20.6 Å². The summed E-state index contributed by atoms with van der Waals surface area (Å²) in [6, 6.07) is -0.706. The number of rotatable bonds is 44. The molecule has 0 rings (SSSR count). The molecule has 0 saturated carbocycles. The lowest BCUT2D eigenvalue weighted by Gasteiger charge is -2.23. The molecule has 0 bridgehead atoms. The maximum Gasteiger partial charge on any atom is 0.249 e. The van der Waals surface area contributed by atoms with E-state index in [1.54, 1.807) is 0 Å². The van der Waals surface area contributed by atoms with E-state index in [9.17, 15) is 20.1 Å². The number of amides is 1. The minimum Gasteiger partial charge on any atom is -0.394 e. The average molecular weight is 738 g/mol. The number of aliphatic hydroxyl groups is 3. The van der Waals surface area contributed by atoms with Crippen LogP contribution in [0.3, 0.4) is 0 Å². The van der Waals surface area contributed by atoms with E-state index < -0.39 is 24.2 Å². The van der Waals surface area contributed by atoms with Gasteiger partial charge in [0, 0.05) is 0 Å². The fourth-order valence-corrected chi connectivity index (χ4v) is 7.72. The molecule has 0 aromatic heterocycles. The van der Waals surface area contributed by atoms with Gasteiger partial charge >= 0.3 is 0 Å². The van der Waals surface area contributed by atoms with Gasteiger partial charge in [0.25, 0.3) is 0 Å². The van der Waals surface area contributed by atoms with Crippen LogP contribution in [0.1, 0.15) is 271 Å². The molecule has 5 nitrogen and oxygen atoms in total. The van der Waals surface area contributed by atoms with Crippen LogP contribution in [0.15, 0.2) is 0 Å². The van der Waals surface area contributed by atoms with E-state index in [1.165, 1.54) is 212 Å². The molecule has 0 radical (unpaired) electrons. The predicted octanol–water partition coefficient (Wildman–Crippen LogP) is 13.8. The van der Waals surface area contributed by atoms with Crippen LogP contribution in [-0.4, -0.2) is 46.1 Å². The van der Waals surface area contributed by atoms with Crippen LogP contribution < -0.4 is 5.32 Å². The summed E-state index contributed by atoms with van der Waals surface area (Å²) >= 11 is 0. The monoisotopic (exact) mass is 738 g/mol. The number of nitrogens with one attached hydrogen (secondary N) is 1. The smallest absolute Gasteiger partial charge is 0.249 e. The van der Waals surface area contributed by atoms with Gasteiger partial charge in [0.05, 0.1) is 18.8 Å². The maximum atomic E-state index is 12.5. The first-order valence-electron chi connectivity index (χ1n) is 23.8. The van der Waals surface area contributed by atoms with Gasteiger partial charge in [-0.1, -0.05) is 258 Å². The number of unbranched alkanes of at least 4 members (excludes halogenated alkanes) is 36. The van der Waals surface area contributed by atoms with E-state index in [-0.39, 0.29) is 6.61 Å². The highest BCUT2D eigenvalue weighted by molar-refractivity contribution is 5.80. The number of carbonyl (C=O) groups excluding carboxylic acids is 1. The highest BCUT2D eigenvalue weighted by Gasteiger charge is 2.23. The molecule has 0 heterocycles. The standard InChI is InChI=1S/C47H95NO4/c1-3-5-7-9-11-13-15-17-19-20-21-22-23-24-25-26-27-28-30-31-33-35-37-39-41-45(50)44(43-49)48-47(52)46(51)42-40-38-36-34-32-29-18-16-14-12-10-8-6-4-2/h44-46,49-51H,3-43H2,1-2H3,(H,48,52). The van der Waals surface area contributed by atoms with Crippen molar-refractivity contribution in [1.82, 2.24) is 5.32 Å². The Bertz CT molecular complexity index is 688. The molecule has 3 atom stereocenters. The molecule has 3 unspecified atom stereocenters. The molecule has 0 aliphatic carbocycles. The Kier molecular flexibility index (Phi) is 42.5. The van der Waals surface area contributed by atoms with E-state index in [0.717, 1.165) is 32.1 Å². The SMILES string of the molecule is CCCCCCCCCCCCCCCCCCCCCCCCCCC(O)C(CO)NC(=O)C(O)CCCCCCCCCCCCCCCC. The second kappa shape index (κ2) is 43.1. The lowest BCUT2D eigenvalue weighted by Crippen LogP contribution is -2.49. The Morgan fingerprint density at radius 3 is 0.865 bits per heavy atom. The fraction of sp³-hybridized carbons (Fsp3) is 0.979. The van der Waals surface area contributed by atoms with Crippen LogP contribution in [0.5, 0.6) is 0 Å². The van der Waals surface area contributed by atoms with E-state index in [4.69, 9.17) is 0 Å². The van der Waals surface area contributed by atoms with Crippen molar-refractivity contribution in [3.8, 4) is 0 Å². The normalized spacial score (nSPS) is 13.4. The first-order valence-corrected chi connectivity index (χ1v) is 23.8. The third-order valence-corrected chi connectivity index (χ3v) is 11.5. The van der Waals surface area contributed by atoms with Crippen molar-refractivity contribution in [2.24, 2.45) is 0 Å². The van der Waals surface area contributed by atoms with Gasteiger partial charge in [-0.15, -0.1) is 0 Å². The zero-order valence-electron chi connectivity index (χ0n) is 35.5. The minimum atomic E-state index is -1.07. The molecule has 0 aliphatic rings. The molecule has 312 valence electrons. The predicted molar refractivity (Wildman–Crippen MR) is 227 cm³/mol. The number of carbonyl (C=O) groups is 1. The summed E-state index contributed by atoms with van der Waals surface area (Å²) in [5.74, 6) is -0.465. The van der Waals surface area contributed by atoms with Crippen molar-refractivity contribution in [2.75, 3.05) is 6.61 Å². The molecule has 0 aliphatic heterocycles. The Labute approximate surface area is 326 Å². The molecular weight excluding hydrogens is 643 g/mol. The van der Waals surface area contributed by atoms with E-state index in [2.05, 4.69) is 19.2 Å². The van der Waals surface area contributed by atoms with Crippen LogP contribution in [-0.2, 0) is 4.79 Å². The van der Waals surface area contributed by atoms with E-state index in [1.807, 2.05) is 0 Å². The summed E-state index contributed by atoms with van der Waals surface area (Å²) in [6.45, 7) is 4.25. The molecule has 5 heteroatoms. The van der Waals surface area contributed by atoms with Crippen molar-refractivity contribution in [3.63, 3.8) is 0 Å². The molecule has 0 aromatic rings. The van der Waals surface area contributed by atoms with Gasteiger partial charge in [-0.3, -0.25) is 4.79 Å². The second-order valence-electron chi connectivity index (χ2n) is 16.7. The van der Waals surface area contributed by atoms with Crippen molar-refractivity contribution < 1.29 is 20.1 Å². The molecular formula is C47H95NO4. The van der Waals surface area contributed by atoms with Gasteiger partial charge in [0.15, 0.2) is 0 Å². The summed E-state index contributed by atoms with van der Waals surface area (Å²) in [5, 5.41) is 33.4. The Morgan fingerprint density at radius 2 is 0.615 bits per heavy atom. The topological polar surface area (TPSA) is 89.8 Å². The summed E-state index contributed by atoms with van der Waals surface area (Å²) in [6.07, 6.45) is 49.7. The van der Waals surface area contributed by atoms with Crippen molar-refractivity contribution in [3.05, 3.63) is 0 Å². The zero-order chi connectivity index (χ0) is 38.0. The van der Waals surface area contributed by atoms with Gasteiger partial charge in [-0.2, -0.15) is 0 Å². The van der Waals surface area contributed by atoms with Gasteiger partial charge in [0.2, 0.25) is 5.91 Å². The first kappa shape index (κ1) is 51.4. The zero-order valence-corrected chi connectivity index (χ0v) is 35.5. The number of aliphatic hydroxyl groups excluding tert-OH is 3. The lowest BCUT2D eigenvalue weighted by atomic mass is 10.0.